The second-order valence-corrected chi connectivity index (χ2v) is 4.59. The van der Waals surface area contributed by atoms with E-state index in [2.05, 4.69) is 6.92 Å². The molecule has 1 atom stereocenters. The quantitative estimate of drug-likeness (QED) is 0.853. The van der Waals surface area contributed by atoms with Gasteiger partial charge in [-0.05, 0) is 51.5 Å². The van der Waals surface area contributed by atoms with Gasteiger partial charge in [0.25, 0.3) is 0 Å². The van der Waals surface area contributed by atoms with E-state index in [-0.39, 0.29) is 5.82 Å². The summed E-state index contributed by atoms with van der Waals surface area (Å²) in [5, 5.41) is 10.1. The molecule has 0 heterocycles. The van der Waals surface area contributed by atoms with Crippen LogP contribution in [0, 0.1) is 12.7 Å². The Morgan fingerprint density at radius 2 is 1.75 bits per heavy atom. The van der Waals surface area contributed by atoms with Crippen molar-refractivity contribution in [2.75, 3.05) is 0 Å². The topological polar surface area (TPSA) is 29.5 Å². The molecule has 0 saturated carbocycles. The first kappa shape index (κ1) is 13.0. The molecule has 0 aliphatic rings. The highest BCUT2D eigenvalue weighted by molar-refractivity contribution is 5.23. The Bertz CT molecular complexity index is 341. The fourth-order valence-corrected chi connectivity index (χ4v) is 1.21. The van der Waals surface area contributed by atoms with E-state index in [1.54, 1.807) is 20.8 Å². The predicted octanol–water partition coefficient (Wildman–Crippen LogP) is 2.96. The lowest BCUT2D eigenvalue weighted by Gasteiger charge is -2.39. The number of benzene rings is 1. The Morgan fingerprint density at radius 1 is 1.25 bits per heavy atom. The molecule has 2 nitrogen and oxygen atoms in total. The summed E-state index contributed by atoms with van der Waals surface area (Å²) in [5.74, 6) is 0.217. The molecule has 1 N–H and O–H groups in total. The lowest BCUT2D eigenvalue weighted by molar-refractivity contribution is -0.101. The SMILES string of the molecule is [CH2]CC(C)(O)C(C)(C)Oc1ccc(F)cc1. The van der Waals surface area contributed by atoms with Crippen molar-refractivity contribution in [1.82, 2.24) is 0 Å². The van der Waals surface area contributed by atoms with Gasteiger partial charge in [-0.1, -0.05) is 6.92 Å². The summed E-state index contributed by atoms with van der Waals surface area (Å²) < 4.78 is 18.4. The van der Waals surface area contributed by atoms with Crippen molar-refractivity contribution in [3.05, 3.63) is 37.0 Å². The Hall–Kier alpha value is -1.09. The van der Waals surface area contributed by atoms with Gasteiger partial charge in [0.1, 0.15) is 22.8 Å². The first-order valence-corrected chi connectivity index (χ1v) is 5.25. The van der Waals surface area contributed by atoms with Gasteiger partial charge in [-0.2, -0.15) is 0 Å². The molecule has 1 radical (unpaired) electrons. The van der Waals surface area contributed by atoms with Crippen molar-refractivity contribution in [1.29, 1.82) is 0 Å². The van der Waals surface area contributed by atoms with Crippen LogP contribution in [0.25, 0.3) is 0 Å². The van der Waals surface area contributed by atoms with Gasteiger partial charge in [0.2, 0.25) is 0 Å². The molecule has 0 spiro atoms. The summed E-state index contributed by atoms with van der Waals surface area (Å²) in [5.41, 5.74) is -1.83. The second kappa shape index (κ2) is 4.42. The van der Waals surface area contributed by atoms with Gasteiger partial charge >= 0.3 is 0 Å². The van der Waals surface area contributed by atoms with Crippen LogP contribution in [0.3, 0.4) is 0 Å². The molecule has 89 valence electrons. The van der Waals surface area contributed by atoms with Gasteiger partial charge < -0.3 is 9.84 Å². The van der Waals surface area contributed by atoms with Crippen molar-refractivity contribution in [3.8, 4) is 5.75 Å². The van der Waals surface area contributed by atoms with Crippen LogP contribution in [0.4, 0.5) is 4.39 Å². The molecule has 0 fully saturated rings. The van der Waals surface area contributed by atoms with E-state index in [0.29, 0.717) is 12.2 Å². The first-order chi connectivity index (χ1) is 7.28. The maximum absolute atomic E-state index is 12.7. The monoisotopic (exact) mass is 225 g/mol. The largest absolute Gasteiger partial charge is 0.485 e. The number of hydrogen-bond acceptors (Lipinski definition) is 2. The normalized spacial score (nSPS) is 15.6. The lowest BCUT2D eigenvalue weighted by atomic mass is 9.85. The molecule has 0 aliphatic heterocycles. The highest BCUT2D eigenvalue weighted by atomic mass is 19.1. The molecule has 0 aromatic heterocycles. The maximum atomic E-state index is 12.7. The highest BCUT2D eigenvalue weighted by Crippen LogP contribution is 2.30. The van der Waals surface area contributed by atoms with Crippen molar-refractivity contribution in [2.24, 2.45) is 0 Å². The first-order valence-electron chi connectivity index (χ1n) is 5.25. The van der Waals surface area contributed by atoms with E-state index in [9.17, 15) is 9.50 Å². The zero-order chi connectivity index (χ0) is 12.4. The number of hydrogen-bond donors (Lipinski definition) is 1. The summed E-state index contributed by atoms with van der Waals surface area (Å²) in [6.45, 7) is 8.92. The Morgan fingerprint density at radius 3 is 2.19 bits per heavy atom. The van der Waals surface area contributed by atoms with Crippen molar-refractivity contribution in [2.45, 2.75) is 38.4 Å². The van der Waals surface area contributed by atoms with E-state index >= 15 is 0 Å². The molecule has 0 amide bonds. The van der Waals surface area contributed by atoms with Gasteiger partial charge in [-0.25, -0.2) is 4.39 Å². The fourth-order valence-electron chi connectivity index (χ4n) is 1.21. The molecule has 1 aromatic rings. The number of ether oxygens (including phenoxy) is 1. The maximum Gasteiger partial charge on any atom is 0.132 e. The van der Waals surface area contributed by atoms with E-state index in [1.807, 2.05) is 0 Å². The van der Waals surface area contributed by atoms with Gasteiger partial charge in [-0.3, -0.25) is 0 Å². The van der Waals surface area contributed by atoms with Crippen LogP contribution >= 0.6 is 0 Å². The highest BCUT2D eigenvalue weighted by Gasteiger charge is 2.40. The molecular weight excluding hydrogens is 207 g/mol. The minimum absolute atomic E-state index is 0.311. The Labute approximate surface area is 96.1 Å². The Kier molecular flexibility index (Phi) is 3.58. The summed E-state index contributed by atoms with van der Waals surface area (Å²) in [6, 6.07) is 5.72. The zero-order valence-corrected chi connectivity index (χ0v) is 9.96. The van der Waals surface area contributed by atoms with E-state index < -0.39 is 11.2 Å². The molecular formula is C13H18FO2. The molecule has 1 unspecified atom stereocenters. The molecule has 0 saturated heterocycles. The second-order valence-electron chi connectivity index (χ2n) is 4.59. The minimum Gasteiger partial charge on any atom is -0.485 e. The molecule has 3 heteroatoms. The summed E-state index contributed by atoms with van der Waals surface area (Å²) in [6.07, 6.45) is 0.335. The predicted molar refractivity (Wildman–Crippen MR) is 61.7 cm³/mol. The summed E-state index contributed by atoms with van der Waals surface area (Å²) in [4.78, 5) is 0. The molecule has 0 bridgehead atoms. The molecule has 0 aliphatic carbocycles. The molecule has 1 aromatic carbocycles. The smallest absolute Gasteiger partial charge is 0.132 e. The zero-order valence-electron chi connectivity index (χ0n) is 9.96. The lowest BCUT2D eigenvalue weighted by Crippen LogP contribution is -2.51. The third kappa shape index (κ3) is 2.73. The fraction of sp³-hybridized carbons (Fsp3) is 0.462. The number of halogens is 1. The average molecular weight is 225 g/mol. The van der Waals surface area contributed by atoms with Crippen molar-refractivity contribution >= 4 is 0 Å². The summed E-state index contributed by atoms with van der Waals surface area (Å²) in [7, 11) is 0. The minimum atomic E-state index is -1.04. The van der Waals surface area contributed by atoms with Crippen molar-refractivity contribution in [3.63, 3.8) is 0 Å². The van der Waals surface area contributed by atoms with Gasteiger partial charge in [0, 0.05) is 0 Å². The van der Waals surface area contributed by atoms with Crippen LogP contribution in [0.1, 0.15) is 27.2 Å². The molecule has 16 heavy (non-hydrogen) atoms. The van der Waals surface area contributed by atoms with Crippen LogP contribution < -0.4 is 4.74 Å². The standard InChI is InChI=1S/C13H18FO2/c1-5-13(4,15)12(2,3)16-11-8-6-10(14)7-9-11/h6-9,15H,1,5H2,2-4H3. The average Bonchev–Trinajstić information content (AvgIpc) is 2.21. The van der Waals surface area contributed by atoms with E-state index in [1.165, 1.54) is 24.3 Å². The van der Waals surface area contributed by atoms with Gasteiger partial charge in [-0.15, -0.1) is 0 Å². The van der Waals surface area contributed by atoms with Gasteiger partial charge in [0.05, 0.1) is 0 Å². The van der Waals surface area contributed by atoms with E-state index in [0.717, 1.165) is 0 Å². The molecule has 1 rings (SSSR count). The van der Waals surface area contributed by atoms with Gasteiger partial charge in [0.15, 0.2) is 0 Å². The third-order valence-electron chi connectivity index (χ3n) is 2.97. The van der Waals surface area contributed by atoms with Crippen molar-refractivity contribution < 1.29 is 14.2 Å². The van der Waals surface area contributed by atoms with Crippen LogP contribution in [0.2, 0.25) is 0 Å². The van der Waals surface area contributed by atoms with Crippen LogP contribution in [0.15, 0.2) is 24.3 Å². The van der Waals surface area contributed by atoms with Crippen LogP contribution in [-0.4, -0.2) is 16.3 Å². The van der Waals surface area contributed by atoms with Crippen LogP contribution in [0.5, 0.6) is 5.75 Å². The van der Waals surface area contributed by atoms with Crippen LogP contribution in [-0.2, 0) is 0 Å². The Balaban J connectivity index is 2.84. The summed E-state index contributed by atoms with van der Waals surface area (Å²) >= 11 is 0. The number of rotatable bonds is 4. The third-order valence-corrected chi connectivity index (χ3v) is 2.97. The van der Waals surface area contributed by atoms with E-state index in [4.69, 9.17) is 4.74 Å². The number of aliphatic hydroxyl groups is 1.